The summed E-state index contributed by atoms with van der Waals surface area (Å²) in [4.78, 5) is 16.4. The van der Waals surface area contributed by atoms with Crippen LogP contribution in [-0.4, -0.2) is 46.2 Å². The molecule has 0 radical (unpaired) electrons. The molecule has 2 N–H and O–H groups in total. The third-order valence-electron chi connectivity index (χ3n) is 4.58. The Morgan fingerprint density at radius 2 is 1.97 bits per heavy atom. The van der Waals surface area contributed by atoms with Crippen LogP contribution in [0.25, 0.3) is 10.9 Å². The second kappa shape index (κ2) is 8.31. The molecule has 0 atom stereocenters. The number of aromatic nitrogens is 3. The van der Waals surface area contributed by atoms with Gasteiger partial charge in [-0.05, 0) is 43.7 Å². The zero-order valence-corrected chi connectivity index (χ0v) is 17.9. The van der Waals surface area contributed by atoms with E-state index in [-0.39, 0.29) is 23.8 Å². The topological polar surface area (TPSA) is 114 Å². The average Bonchev–Trinajstić information content (AvgIpc) is 3.02. The molecular weight excluding hydrogens is 430 g/mol. The molecule has 3 rings (SSSR count). The van der Waals surface area contributed by atoms with Crippen molar-refractivity contribution in [2.24, 2.45) is 0 Å². The zero-order chi connectivity index (χ0) is 23.0. The van der Waals surface area contributed by atoms with Gasteiger partial charge in [0.05, 0.1) is 23.4 Å². The van der Waals surface area contributed by atoms with Gasteiger partial charge in [0.2, 0.25) is 0 Å². The van der Waals surface area contributed by atoms with Gasteiger partial charge in [-0.3, -0.25) is 4.79 Å². The normalized spacial score (nSPS) is 12.5. The Hall–Kier alpha value is -2.92. The van der Waals surface area contributed by atoms with E-state index in [2.05, 4.69) is 15.4 Å². The van der Waals surface area contributed by atoms with Crippen LogP contribution >= 0.6 is 0 Å². The summed E-state index contributed by atoms with van der Waals surface area (Å²) in [5.41, 5.74) is -0.865. The van der Waals surface area contributed by atoms with E-state index in [0.29, 0.717) is 16.5 Å². The van der Waals surface area contributed by atoms with Gasteiger partial charge in [0.1, 0.15) is 27.0 Å². The number of carbonyl (C=O) groups excluding carboxylic acids is 1. The van der Waals surface area contributed by atoms with Crippen molar-refractivity contribution < 1.29 is 27.1 Å². The Morgan fingerprint density at radius 3 is 2.58 bits per heavy atom. The molecule has 3 aromatic rings. The number of pyridine rings is 1. The number of anilines is 1. The molecule has 0 saturated carbocycles. The number of hydrogen-bond acceptors (Lipinski definition) is 6. The number of sulfone groups is 1. The van der Waals surface area contributed by atoms with Crippen LogP contribution in [0, 0.1) is 0 Å². The van der Waals surface area contributed by atoms with E-state index >= 15 is 0 Å². The predicted octanol–water partition coefficient (Wildman–Crippen LogP) is 2.89. The molecule has 2 heterocycles. The highest BCUT2D eigenvalue weighted by molar-refractivity contribution is 7.90. The third kappa shape index (κ3) is 5.42. The first-order valence-electron chi connectivity index (χ1n) is 9.33. The highest BCUT2D eigenvalue weighted by Gasteiger charge is 2.21. The Labute approximate surface area is 177 Å². The van der Waals surface area contributed by atoms with Crippen LogP contribution in [0.5, 0.6) is 0 Å². The van der Waals surface area contributed by atoms with Crippen molar-refractivity contribution >= 4 is 32.5 Å². The number of halogens is 2. The molecule has 0 aliphatic heterocycles. The number of fused-ring (bicyclic) bond motifs is 1. The number of amides is 1. The van der Waals surface area contributed by atoms with Gasteiger partial charge in [0, 0.05) is 11.6 Å². The number of aryl methyl sites for hydroxylation is 1. The van der Waals surface area contributed by atoms with Gasteiger partial charge in [-0.25, -0.2) is 26.9 Å². The fourth-order valence-electron chi connectivity index (χ4n) is 2.93. The van der Waals surface area contributed by atoms with Crippen molar-refractivity contribution in [1.29, 1.82) is 0 Å². The highest BCUT2D eigenvalue weighted by Crippen LogP contribution is 2.29. The van der Waals surface area contributed by atoms with Crippen LogP contribution in [0.15, 0.2) is 36.4 Å². The molecular formula is C20H22F2N4O4S. The number of carbonyl (C=O) groups is 1. The molecule has 0 aliphatic rings. The molecule has 11 heteroatoms. The number of rotatable bonds is 7. The van der Waals surface area contributed by atoms with Crippen molar-refractivity contribution in [3.63, 3.8) is 0 Å². The van der Waals surface area contributed by atoms with E-state index < -0.39 is 33.5 Å². The lowest BCUT2D eigenvalue weighted by Gasteiger charge is -2.17. The zero-order valence-electron chi connectivity index (χ0n) is 17.1. The second-order valence-corrected chi connectivity index (χ2v) is 9.95. The first-order valence-corrected chi connectivity index (χ1v) is 11.4. The van der Waals surface area contributed by atoms with Gasteiger partial charge < -0.3 is 10.4 Å². The Kier molecular flexibility index (Phi) is 6.10. The summed E-state index contributed by atoms with van der Waals surface area (Å²) >= 11 is 0. The lowest BCUT2D eigenvalue weighted by atomic mass is 9.97. The minimum absolute atomic E-state index is 0.0362. The maximum Gasteiger partial charge on any atom is 0.280 e. The number of hydrogen-bond donors (Lipinski definition) is 2. The third-order valence-corrected chi connectivity index (χ3v) is 5.50. The van der Waals surface area contributed by atoms with Gasteiger partial charge >= 0.3 is 0 Å². The molecule has 1 amide bonds. The molecule has 2 aromatic heterocycles. The molecule has 31 heavy (non-hydrogen) atoms. The van der Waals surface area contributed by atoms with E-state index in [9.17, 15) is 27.1 Å². The predicted molar refractivity (Wildman–Crippen MR) is 112 cm³/mol. The number of aliphatic hydroxyl groups is 1. The van der Waals surface area contributed by atoms with Crippen molar-refractivity contribution in [2.75, 3.05) is 17.3 Å². The first kappa shape index (κ1) is 22.8. The number of nitrogens with zero attached hydrogens (tertiary/aromatic N) is 3. The maximum absolute atomic E-state index is 12.9. The summed E-state index contributed by atoms with van der Waals surface area (Å²) in [6, 6.07) is 8.66. The summed E-state index contributed by atoms with van der Waals surface area (Å²) in [7, 11) is -3.31. The molecule has 166 valence electrons. The lowest BCUT2D eigenvalue weighted by Crippen LogP contribution is -2.19. The smallest absolute Gasteiger partial charge is 0.280 e. The largest absolute Gasteiger partial charge is 0.386 e. The molecule has 1 aromatic carbocycles. The van der Waals surface area contributed by atoms with Crippen molar-refractivity contribution in [3.8, 4) is 0 Å². The van der Waals surface area contributed by atoms with Crippen molar-refractivity contribution in [3.05, 3.63) is 53.3 Å². The minimum Gasteiger partial charge on any atom is -0.386 e. The Morgan fingerprint density at radius 1 is 1.26 bits per heavy atom. The fraction of sp³-hybridized carbons (Fsp3) is 0.350. The molecule has 0 bridgehead atoms. The molecule has 0 spiro atoms. The maximum atomic E-state index is 12.9. The SMILES string of the molecule is CC(C)(O)c1ccc2c(NC(=O)c3cccc(C(F)F)n3)n(CCS(C)(=O)=O)nc2c1. The second-order valence-electron chi connectivity index (χ2n) is 7.70. The number of nitrogens with one attached hydrogen (secondary N) is 1. The van der Waals surface area contributed by atoms with Crippen molar-refractivity contribution in [2.45, 2.75) is 32.4 Å². The molecule has 0 unspecified atom stereocenters. The lowest BCUT2D eigenvalue weighted by molar-refractivity contribution is 0.0787. The van der Waals surface area contributed by atoms with E-state index in [1.807, 2.05) is 0 Å². The van der Waals surface area contributed by atoms with Crippen LogP contribution in [-0.2, 0) is 22.0 Å². The monoisotopic (exact) mass is 452 g/mol. The van der Waals surface area contributed by atoms with Gasteiger partial charge in [0.15, 0.2) is 0 Å². The van der Waals surface area contributed by atoms with Crippen LogP contribution in [0.2, 0.25) is 0 Å². The fourth-order valence-corrected chi connectivity index (χ4v) is 3.44. The van der Waals surface area contributed by atoms with Crippen LogP contribution in [0.3, 0.4) is 0 Å². The van der Waals surface area contributed by atoms with Crippen LogP contribution < -0.4 is 5.32 Å². The first-order chi connectivity index (χ1) is 14.3. The average molecular weight is 452 g/mol. The minimum atomic E-state index is -3.31. The summed E-state index contributed by atoms with van der Waals surface area (Å²) in [6.07, 6.45) is -1.74. The Balaban J connectivity index is 2.03. The number of benzene rings is 1. The van der Waals surface area contributed by atoms with Crippen LogP contribution in [0.4, 0.5) is 14.6 Å². The molecule has 0 saturated heterocycles. The summed E-state index contributed by atoms with van der Waals surface area (Å²) in [5.74, 6) is -0.756. The summed E-state index contributed by atoms with van der Waals surface area (Å²) in [6.45, 7) is 3.18. The van der Waals surface area contributed by atoms with Gasteiger partial charge in [-0.15, -0.1) is 0 Å². The van der Waals surface area contributed by atoms with E-state index in [0.717, 1.165) is 12.3 Å². The Bertz CT molecular complexity index is 1230. The van der Waals surface area contributed by atoms with E-state index in [4.69, 9.17) is 0 Å². The molecule has 0 aliphatic carbocycles. The van der Waals surface area contributed by atoms with E-state index in [1.165, 1.54) is 16.8 Å². The molecule has 8 nitrogen and oxygen atoms in total. The van der Waals surface area contributed by atoms with Gasteiger partial charge in [-0.1, -0.05) is 12.1 Å². The number of alkyl halides is 2. The van der Waals surface area contributed by atoms with E-state index in [1.54, 1.807) is 32.0 Å². The van der Waals surface area contributed by atoms with Gasteiger partial charge in [-0.2, -0.15) is 5.10 Å². The summed E-state index contributed by atoms with van der Waals surface area (Å²) < 4.78 is 50.4. The van der Waals surface area contributed by atoms with Crippen LogP contribution in [0.1, 0.15) is 42.0 Å². The van der Waals surface area contributed by atoms with Crippen molar-refractivity contribution in [1.82, 2.24) is 14.8 Å². The van der Waals surface area contributed by atoms with Gasteiger partial charge in [0.25, 0.3) is 12.3 Å². The standard InChI is InChI=1S/C20H22F2N4O4S/c1-20(2,28)12-7-8-13-16(11-12)25-26(9-10-31(3,29)30)18(13)24-19(27)15-6-4-5-14(23-15)17(21)22/h4-8,11,17,28H,9-10H2,1-3H3,(H,24,27). The molecule has 0 fully saturated rings. The summed E-state index contributed by atoms with van der Waals surface area (Å²) in [5, 5.41) is 17.7. The quantitative estimate of drug-likeness (QED) is 0.570. The highest BCUT2D eigenvalue weighted by atomic mass is 32.2.